The van der Waals surface area contributed by atoms with E-state index < -0.39 is 0 Å². The fourth-order valence-electron chi connectivity index (χ4n) is 2.05. The Labute approximate surface area is 153 Å². The van der Waals surface area contributed by atoms with Crippen LogP contribution in [-0.4, -0.2) is 10.9 Å². The highest BCUT2D eigenvalue weighted by molar-refractivity contribution is 7.14. The number of nitrogens with zero attached hydrogens (tertiary/aromatic N) is 1. The maximum absolute atomic E-state index is 12.3. The van der Waals surface area contributed by atoms with Gasteiger partial charge in [0.05, 0.1) is 0 Å². The molecule has 0 bridgehead atoms. The van der Waals surface area contributed by atoms with Gasteiger partial charge in [-0.3, -0.25) is 4.79 Å². The van der Waals surface area contributed by atoms with E-state index >= 15 is 0 Å². The second kappa shape index (κ2) is 7.21. The molecule has 0 unspecified atom stereocenters. The number of hydrogen-bond donors (Lipinski definition) is 2. The molecule has 1 aromatic heterocycles. The molecule has 0 radical (unpaired) electrons. The van der Waals surface area contributed by atoms with Crippen molar-refractivity contribution in [2.45, 2.75) is 6.92 Å². The van der Waals surface area contributed by atoms with E-state index in [2.05, 4.69) is 15.6 Å². The SMILES string of the molecule is Cc1c(Cl)cccc1NC(=O)c1csc(Nc2cccc(Cl)c2)n1. The third-order valence-electron chi connectivity index (χ3n) is 3.33. The van der Waals surface area contributed by atoms with Gasteiger partial charge in [0.1, 0.15) is 5.69 Å². The summed E-state index contributed by atoms with van der Waals surface area (Å²) in [7, 11) is 0. The van der Waals surface area contributed by atoms with Gasteiger partial charge in [0.2, 0.25) is 0 Å². The van der Waals surface area contributed by atoms with Crippen LogP contribution in [0.25, 0.3) is 0 Å². The number of hydrogen-bond acceptors (Lipinski definition) is 4. The van der Waals surface area contributed by atoms with Crippen LogP contribution in [0.4, 0.5) is 16.5 Å². The Morgan fingerprint density at radius 2 is 1.96 bits per heavy atom. The fraction of sp³-hybridized carbons (Fsp3) is 0.0588. The lowest BCUT2D eigenvalue weighted by Crippen LogP contribution is -2.13. The molecule has 122 valence electrons. The average molecular weight is 378 g/mol. The quantitative estimate of drug-likeness (QED) is 0.607. The molecule has 0 fully saturated rings. The second-order valence-electron chi connectivity index (χ2n) is 5.04. The minimum atomic E-state index is -0.282. The third-order valence-corrected chi connectivity index (χ3v) is 4.73. The molecule has 2 aromatic carbocycles. The summed E-state index contributed by atoms with van der Waals surface area (Å²) in [5, 5.41) is 9.50. The van der Waals surface area contributed by atoms with Gasteiger partial charge < -0.3 is 10.6 Å². The van der Waals surface area contributed by atoms with Gasteiger partial charge in [0, 0.05) is 26.8 Å². The van der Waals surface area contributed by atoms with E-state index in [-0.39, 0.29) is 5.91 Å². The lowest BCUT2D eigenvalue weighted by atomic mass is 10.2. The highest BCUT2D eigenvalue weighted by atomic mass is 35.5. The van der Waals surface area contributed by atoms with Crippen molar-refractivity contribution >= 4 is 57.0 Å². The van der Waals surface area contributed by atoms with Crippen LogP contribution in [0.1, 0.15) is 16.1 Å². The zero-order chi connectivity index (χ0) is 17.1. The Hall–Kier alpha value is -2.08. The van der Waals surface area contributed by atoms with E-state index in [0.29, 0.717) is 26.6 Å². The number of benzene rings is 2. The summed E-state index contributed by atoms with van der Waals surface area (Å²) in [6.45, 7) is 1.85. The van der Waals surface area contributed by atoms with Gasteiger partial charge in [-0.05, 0) is 42.8 Å². The maximum Gasteiger partial charge on any atom is 0.275 e. The lowest BCUT2D eigenvalue weighted by Gasteiger charge is -2.08. The average Bonchev–Trinajstić information content (AvgIpc) is 3.00. The van der Waals surface area contributed by atoms with Crippen molar-refractivity contribution < 1.29 is 4.79 Å². The Morgan fingerprint density at radius 1 is 1.17 bits per heavy atom. The normalized spacial score (nSPS) is 10.5. The molecule has 1 amide bonds. The van der Waals surface area contributed by atoms with E-state index in [1.807, 2.05) is 19.1 Å². The van der Waals surface area contributed by atoms with Gasteiger partial charge in [0.25, 0.3) is 5.91 Å². The molecule has 0 atom stereocenters. The van der Waals surface area contributed by atoms with Crippen LogP contribution in [0.3, 0.4) is 0 Å². The van der Waals surface area contributed by atoms with E-state index in [9.17, 15) is 4.79 Å². The Bertz CT molecular complexity index is 895. The van der Waals surface area contributed by atoms with E-state index in [1.54, 1.807) is 35.7 Å². The molecule has 3 rings (SSSR count). The number of rotatable bonds is 4. The van der Waals surface area contributed by atoms with E-state index in [4.69, 9.17) is 23.2 Å². The molecule has 4 nitrogen and oxygen atoms in total. The van der Waals surface area contributed by atoms with Crippen LogP contribution in [-0.2, 0) is 0 Å². The van der Waals surface area contributed by atoms with Crippen molar-refractivity contribution in [2.24, 2.45) is 0 Å². The third kappa shape index (κ3) is 3.87. The zero-order valence-electron chi connectivity index (χ0n) is 12.6. The smallest absolute Gasteiger partial charge is 0.275 e. The molecule has 2 N–H and O–H groups in total. The van der Waals surface area contributed by atoms with Crippen LogP contribution in [0, 0.1) is 6.92 Å². The molecule has 24 heavy (non-hydrogen) atoms. The molecule has 3 aromatic rings. The number of thiazole rings is 1. The van der Waals surface area contributed by atoms with Crippen LogP contribution in [0.2, 0.25) is 10.0 Å². The van der Waals surface area contributed by atoms with Crippen molar-refractivity contribution in [1.29, 1.82) is 0 Å². The predicted octanol–water partition coefficient (Wildman–Crippen LogP) is 5.75. The molecule has 7 heteroatoms. The lowest BCUT2D eigenvalue weighted by molar-refractivity contribution is 0.102. The first kappa shape index (κ1) is 16.8. The predicted molar refractivity (Wildman–Crippen MR) is 101 cm³/mol. The highest BCUT2D eigenvalue weighted by Gasteiger charge is 2.13. The first-order valence-corrected chi connectivity index (χ1v) is 8.71. The second-order valence-corrected chi connectivity index (χ2v) is 6.74. The van der Waals surface area contributed by atoms with Gasteiger partial charge in [0.15, 0.2) is 5.13 Å². The van der Waals surface area contributed by atoms with Crippen molar-refractivity contribution in [3.05, 3.63) is 69.1 Å². The first-order valence-electron chi connectivity index (χ1n) is 7.07. The topological polar surface area (TPSA) is 54.0 Å². The molecule has 0 spiro atoms. The summed E-state index contributed by atoms with van der Waals surface area (Å²) in [5.41, 5.74) is 2.64. The number of carbonyl (C=O) groups is 1. The van der Waals surface area contributed by atoms with Crippen molar-refractivity contribution in [2.75, 3.05) is 10.6 Å². The monoisotopic (exact) mass is 377 g/mol. The van der Waals surface area contributed by atoms with Crippen LogP contribution >= 0.6 is 34.5 Å². The maximum atomic E-state index is 12.3. The number of anilines is 3. The van der Waals surface area contributed by atoms with Gasteiger partial charge in [-0.2, -0.15) is 0 Å². The van der Waals surface area contributed by atoms with Crippen molar-refractivity contribution in [1.82, 2.24) is 4.98 Å². The van der Waals surface area contributed by atoms with Gasteiger partial charge >= 0.3 is 0 Å². The molecule has 0 saturated carbocycles. The minimum absolute atomic E-state index is 0.282. The summed E-state index contributed by atoms with van der Waals surface area (Å²) in [4.78, 5) is 16.6. The zero-order valence-corrected chi connectivity index (χ0v) is 15.0. The van der Waals surface area contributed by atoms with Crippen molar-refractivity contribution in [3.8, 4) is 0 Å². The number of carbonyl (C=O) groups excluding carboxylic acids is 1. The van der Waals surface area contributed by atoms with Crippen LogP contribution in [0.5, 0.6) is 0 Å². The van der Waals surface area contributed by atoms with Crippen molar-refractivity contribution in [3.63, 3.8) is 0 Å². The molecule has 0 saturated heterocycles. The molecule has 1 heterocycles. The Balaban J connectivity index is 1.73. The molecule has 0 aliphatic heterocycles. The minimum Gasteiger partial charge on any atom is -0.331 e. The Kier molecular flexibility index (Phi) is 5.04. The van der Waals surface area contributed by atoms with E-state index in [1.165, 1.54) is 11.3 Å². The number of amides is 1. The summed E-state index contributed by atoms with van der Waals surface area (Å²) in [6, 6.07) is 12.7. The number of aromatic nitrogens is 1. The van der Waals surface area contributed by atoms with Gasteiger partial charge in [-0.25, -0.2) is 4.98 Å². The molecular weight excluding hydrogens is 365 g/mol. The summed E-state index contributed by atoms with van der Waals surface area (Å²) in [5.74, 6) is -0.282. The Morgan fingerprint density at radius 3 is 2.75 bits per heavy atom. The van der Waals surface area contributed by atoms with E-state index in [0.717, 1.165) is 11.3 Å². The van der Waals surface area contributed by atoms with Crippen LogP contribution < -0.4 is 10.6 Å². The highest BCUT2D eigenvalue weighted by Crippen LogP contribution is 2.25. The summed E-state index contributed by atoms with van der Waals surface area (Å²) < 4.78 is 0. The molecule has 0 aliphatic rings. The summed E-state index contributed by atoms with van der Waals surface area (Å²) in [6.07, 6.45) is 0. The first-order chi connectivity index (χ1) is 11.5. The summed E-state index contributed by atoms with van der Waals surface area (Å²) >= 11 is 13.4. The fourth-order valence-corrected chi connectivity index (χ4v) is 3.13. The molecular formula is C17H13Cl2N3OS. The molecule has 0 aliphatic carbocycles. The number of halogens is 2. The standard InChI is InChI=1S/C17H13Cl2N3OS/c1-10-13(19)6-3-7-14(10)21-16(23)15-9-24-17(22-15)20-12-5-2-4-11(18)8-12/h2-9H,1H3,(H,20,22)(H,21,23). The van der Waals surface area contributed by atoms with Gasteiger partial charge in [-0.15, -0.1) is 11.3 Å². The largest absolute Gasteiger partial charge is 0.331 e. The van der Waals surface area contributed by atoms with Gasteiger partial charge in [-0.1, -0.05) is 35.3 Å². The van der Waals surface area contributed by atoms with Crippen LogP contribution in [0.15, 0.2) is 47.8 Å². The number of nitrogens with one attached hydrogen (secondary N) is 2.